The molecule has 0 aliphatic rings. The summed E-state index contributed by atoms with van der Waals surface area (Å²) in [7, 11) is 1.27. The monoisotopic (exact) mass is 388 g/mol. The molecule has 5 nitrogen and oxygen atoms in total. The Kier molecular flexibility index (Phi) is 5.49. The highest BCUT2D eigenvalue weighted by molar-refractivity contribution is 9.11. The normalized spacial score (nSPS) is 10.4. The number of nitrogens with one attached hydrogen (secondary N) is 1. The quantitative estimate of drug-likeness (QED) is 0.604. The van der Waals surface area contributed by atoms with Gasteiger partial charge in [-0.15, -0.1) is 11.3 Å². The maximum absolute atomic E-state index is 11.6. The Hall–Kier alpha value is -1.25. The van der Waals surface area contributed by atoms with Gasteiger partial charge < -0.3 is 10.1 Å². The highest BCUT2D eigenvalue weighted by Gasteiger charge is 2.21. The first-order chi connectivity index (χ1) is 10.0. The molecule has 0 aromatic carbocycles. The molecule has 2 aromatic heterocycles. The van der Waals surface area contributed by atoms with Crippen molar-refractivity contribution >= 4 is 55.5 Å². The van der Waals surface area contributed by atoms with Gasteiger partial charge >= 0.3 is 5.97 Å². The van der Waals surface area contributed by atoms with Crippen LogP contribution >= 0.6 is 38.6 Å². The minimum atomic E-state index is -0.591. The molecule has 2 rings (SSSR count). The molecule has 0 atom stereocenters. The second kappa shape index (κ2) is 7.15. The van der Waals surface area contributed by atoms with Crippen LogP contribution in [0.15, 0.2) is 15.9 Å². The van der Waals surface area contributed by atoms with E-state index in [0.717, 1.165) is 10.2 Å². The number of carbonyl (C=O) groups excluding carboxylic acids is 2. The van der Waals surface area contributed by atoms with Gasteiger partial charge in [-0.1, -0.05) is 11.3 Å². The summed E-state index contributed by atoms with van der Waals surface area (Å²) < 4.78 is 5.73. The lowest BCUT2D eigenvalue weighted by atomic mass is 10.3. The predicted octanol–water partition coefficient (Wildman–Crippen LogP) is 3.61. The number of carbonyl (C=O) groups is 2. The molecule has 0 bridgehead atoms. The van der Waals surface area contributed by atoms with E-state index in [-0.39, 0.29) is 11.5 Å². The second-order valence-corrected chi connectivity index (χ2v) is 7.67. The van der Waals surface area contributed by atoms with Gasteiger partial charge in [0, 0.05) is 18.3 Å². The van der Waals surface area contributed by atoms with Crippen LogP contribution in [0.3, 0.4) is 0 Å². The van der Waals surface area contributed by atoms with E-state index in [2.05, 4.69) is 37.0 Å². The van der Waals surface area contributed by atoms with Crippen LogP contribution in [0.25, 0.3) is 0 Å². The van der Waals surface area contributed by atoms with Crippen LogP contribution in [-0.2, 0) is 11.2 Å². The number of Topliss-reactive ketones (excluding diaryl/α,β-unsaturated/α-hetero) is 1. The Balaban J connectivity index is 2.03. The Morgan fingerprint density at radius 3 is 2.71 bits per heavy atom. The summed E-state index contributed by atoms with van der Waals surface area (Å²) in [4.78, 5) is 28.8. The largest absolute Gasteiger partial charge is 0.464 e. The lowest BCUT2D eigenvalue weighted by molar-refractivity contribution is 0.0591. The van der Waals surface area contributed by atoms with Crippen molar-refractivity contribution < 1.29 is 14.3 Å². The number of aromatic nitrogens is 1. The van der Waals surface area contributed by atoms with Crippen LogP contribution in [0.1, 0.15) is 32.0 Å². The van der Waals surface area contributed by atoms with Crippen molar-refractivity contribution in [2.45, 2.75) is 13.3 Å². The van der Waals surface area contributed by atoms with E-state index >= 15 is 0 Å². The van der Waals surface area contributed by atoms with Gasteiger partial charge in [-0.25, -0.2) is 9.78 Å². The van der Waals surface area contributed by atoms with Gasteiger partial charge in [-0.05, 0) is 34.5 Å². The van der Waals surface area contributed by atoms with Crippen molar-refractivity contribution in [3.8, 4) is 0 Å². The molecule has 0 radical (unpaired) electrons. The highest BCUT2D eigenvalue weighted by atomic mass is 79.9. The Bertz CT molecular complexity index is 666. The van der Waals surface area contributed by atoms with Crippen molar-refractivity contribution in [2.75, 3.05) is 19.0 Å². The number of anilines is 1. The van der Waals surface area contributed by atoms with Crippen molar-refractivity contribution in [1.29, 1.82) is 0 Å². The SMILES string of the molecule is COC(=O)c1nc(NCCc2ccc(Br)s2)sc1C(C)=O. The Morgan fingerprint density at radius 2 is 2.14 bits per heavy atom. The number of hydrogen-bond acceptors (Lipinski definition) is 7. The standard InChI is InChI=1S/C13H13BrN2O3S2/c1-7(17)11-10(12(18)19-2)16-13(21-11)15-6-5-8-3-4-9(14)20-8/h3-4H,5-6H2,1-2H3,(H,15,16). The van der Waals surface area contributed by atoms with Gasteiger partial charge in [0.25, 0.3) is 0 Å². The van der Waals surface area contributed by atoms with Crippen molar-refractivity contribution in [3.63, 3.8) is 0 Å². The van der Waals surface area contributed by atoms with E-state index in [1.54, 1.807) is 11.3 Å². The third-order valence-electron chi connectivity index (χ3n) is 2.60. The number of thiophene rings is 1. The number of ketones is 1. The van der Waals surface area contributed by atoms with E-state index < -0.39 is 5.97 Å². The molecular formula is C13H13BrN2O3S2. The number of esters is 1. The fourth-order valence-corrected chi connectivity index (χ4v) is 4.00. The molecule has 0 saturated heterocycles. The first-order valence-electron chi connectivity index (χ1n) is 6.09. The maximum Gasteiger partial charge on any atom is 0.358 e. The van der Waals surface area contributed by atoms with E-state index in [4.69, 9.17) is 0 Å². The van der Waals surface area contributed by atoms with Gasteiger partial charge in [0.2, 0.25) is 0 Å². The second-order valence-electron chi connectivity index (χ2n) is 4.13. The Labute approximate surface area is 138 Å². The van der Waals surface area contributed by atoms with Crippen molar-refractivity contribution in [1.82, 2.24) is 4.98 Å². The molecule has 112 valence electrons. The zero-order chi connectivity index (χ0) is 15.4. The smallest absolute Gasteiger partial charge is 0.358 e. The molecule has 8 heteroatoms. The Morgan fingerprint density at radius 1 is 1.38 bits per heavy atom. The fraction of sp³-hybridized carbons (Fsp3) is 0.308. The molecule has 0 fully saturated rings. The minimum absolute atomic E-state index is 0.0800. The lowest BCUT2D eigenvalue weighted by Gasteiger charge is -2.00. The van der Waals surface area contributed by atoms with Crippen LogP contribution in [0.5, 0.6) is 0 Å². The van der Waals surface area contributed by atoms with Gasteiger partial charge in [0.1, 0.15) is 4.88 Å². The third-order valence-corrected chi connectivity index (χ3v) is 5.40. The molecule has 0 aliphatic heterocycles. The molecule has 0 amide bonds. The first-order valence-corrected chi connectivity index (χ1v) is 8.52. The molecule has 0 unspecified atom stereocenters. The van der Waals surface area contributed by atoms with Gasteiger partial charge in [0.05, 0.1) is 10.9 Å². The van der Waals surface area contributed by atoms with Crippen LogP contribution in [0.4, 0.5) is 5.13 Å². The summed E-state index contributed by atoms with van der Waals surface area (Å²) >= 11 is 6.27. The van der Waals surface area contributed by atoms with E-state index in [1.165, 1.54) is 30.2 Å². The number of rotatable bonds is 6. The fourth-order valence-electron chi connectivity index (χ4n) is 1.65. The topological polar surface area (TPSA) is 68.3 Å². The van der Waals surface area contributed by atoms with E-state index in [1.807, 2.05) is 6.07 Å². The van der Waals surface area contributed by atoms with Crippen molar-refractivity contribution in [3.05, 3.63) is 31.4 Å². The zero-order valence-electron chi connectivity index (χ0n) is 11.4. The van der Waals surface area contributed by atoms with Crippen molar-refractivity contribution in [2.24, 2.45) is 0 Å². The summed E-state index contributed by atoms with van der Waals surface area (Å²) in [5, 5.41) is 3.69. The number of thiazole rings is 1. The molecule has 0 spiro atoms. The molecule has 1 N–H and O–H groups in total. The van der Waals surface area contributed by atoms with Crippen LogP contribution in [-0.4, -0.2) is 30.4 Å². The minimum Gasteiger partial charge on any atom is -0.464 e. The predicted molar refractivity (Wildman–Crippen MR) is 87.7 cm³/mol. The number of nitrogens with zero attached hydrogens (tertiary/aromatic N) is 1. The average Bonchev–Trinajstić information content (AvgIpc) is 3.05. The van der Waals surface area contributed by atoms with E-state index in [9.17, 15) is 9.59 Å². The third kappa shape index (κ3) is 4.12. The molecule has 2 heterocycles. The van der Waals surface area contributed by atoms with Crippen LogP contribution < -0.4 is 5.32 Å². The number of halogens is 1. The lowest BCUT2D eigenvalue weighted by Crippen LogP contribution is -2.08. The summed E-state index contributed by atoms with van der Waals surface area (Å²) in [5.74, 6) is -0.783. The molecule has 0 aliphatic carbocycles. The van der Waals surface area contributed by atoms with Crippen LogP contribution in [0, 0.1) is 0 Å². The summed E-state index contributed by atoms with van der Waals surface area (Å²) in [6, 6.07) is 4.06. The summed E-state index contributed by atoms with van der Waals surface area (Å²) in [5.41, 5.74) is 0.0800. The highest BCUT2D eigenvalue weighted by Crippen LogP contribution is 2.25. The summed E-state index contributed by atoms with van der Waals surface area (Å²) in [6.45, 7) is 2.09. The number of hydrogen-bond donors (Lipinski definition) is 1. The maximum atomic E-state index is 11.6. The van der Waals surface area contributed by atoms with Gasteiger partial charge in [-0.2, -0.15) is 0 Å². The molecular weight excluding hydrogens is 376 g/mol. The number of methoxy groups -OCH3 is 1. The molecule has 0 saturated carbocycles. The summed E-state index contributed by atoms with van der Waals surface area (Å²) in [6.07, 6.45) is 0.846. The van der Waals surface area contributed by atoms with Crippen LogP contribution in [0.2, 0.25) is 0 Å². The van der Waals surface area contributed by atoms with E-state index in [0.29, 0.717) is 16.6 Å². The number of ether oxygens (including phenoxy) is 1. The first kappa shape index (κ1) is 16.1. The molecule has 21 heavy (non-hydrogen) atoms. The zero-order valence-corrected chi connectivity index (χ0v) is 14.7. The van der Waals surface area contributed by atoms with Gasteiger partial charge in [-0.3, -0.25) is 4.79 Å². The van der Waals surface area contributed by atoms with Gasteiger partial charge in [0.15, 0.2) is 16.6 Å². The average molecular weight is 389 g/mol. The molecule has 2 aromatic rings.